The van der Waals surface area contributed by atoms with Crippen LogP contribution in [0.5, 0.6) is 0 Å². The molecule has 0 bridgehead atoms. The van der Waals surface area contributed by atoms with Crippen molar-refractivity contribution in [1.29, 1.82) is 0 Å². The second-order valence-corrected chi connectivity index (χ2v) is 5.93. The zero-order valence-electron chi connectivity index (χ0n) is 14.1. The Bertz CT molecular complexity index is 788. The molecule has 0 amide bonds. The van der Waals surface area contributed by atoms with Crippen LogP contribution < -0.4 is 10.5 Å². The van der Waals surface area contributed by atoms with Crippen LogP contribution in [-0.4, -0.2) is 41.4 Å². The third kappa shape index (κ3) is 3.05. The molecule has 2 heterocycles. The number of benzene rings is 1. The van der Waals surface area contributed by atoms with Gasteiger partial charge in [0.05, 0.1) is 19.9 Å². The highest BCUT2D eigenvalue weighted by Crippen LogP contribution is 2.27. The van der Waals surface area contributed by atoms with Gasteiger partial charge in [0.25, 0.3) is 5.56 Å². The smallest absolute Gasteiger partial charge is 0.259 e. The molecule has 7 heteroatoms. The SMILES string of the molecule is COCCN1CN(c2ccc(F)cc2)c2nc(C)c(C)c(=O)n2C1. The van der Waals surface area contributed by atoms with Crippen molar-refractivity contribution in [3.63, 3.8) is 0 Å². The fraction of sp³-hybridized carbons (Fsp3) is 0.412. The first-order chi connectivity index (χ1) is 11.5. The van der Waals surface area contributed by atoms with Crippen molar-refractivity contribution in [3.05, 3.63) is 51.7 Å². The topological polar surface area (TPSA) is 50.6 Å². The second kappa shape index (κ2) is 6.70. The normalized spacial score (nSPS) is 14.8. The second-order valence-electron chi connectivity index (χ2n) is 5.93. The summed E-state index contributed by atoms with van der Waals surface area (Å²) in [6.45, 7) is 5.89. The summed E-state index contributed by atoms with van der Waals surface area (Å²) >= 11 is 0. The highest BCUT2D eigenvalue weighted by molar-refractivity contribution is 5.58. The standard InChI is InChI=1S/C17H21FN4O2/c1-12-13(2)19-17-21(15-6-4-14(18)5-7-15)10-20(8-9-24-3)11-22(17)16(12)23/h4-7H,8-11H2,1-3H3. The molecule has 0 N–H and O–H groups in total. The van der Waals surface area contributed by atoms with Crippen molar-refractivity contribution in [2.45, 2.75) is 20.5 Å². The van der Waals surface area contributed by atoms with Crippen LogP contribution in [0.2, 0.25) is 0 Å². The Hall–Kier alpha value is -2.25. The Balaban J connectivity index is 2.08. The van der Waals surface area contributed by atoms with E-state index in [1.165, 1.54) is 12.1 Å². The molecule has 0 fully saturated rings. The zero-order chi connectivity index (χ0) is 17.3. The van der Waals surface area contributed by atoms with Crippen molar-refractivity contribution in [1.82, 2.24) is 14.5 Å². The summed E-state index contributed by atoms with van der Waals surface area (Å²) < 4.78 is 20.1. The van der Waals surface area contributed by atoms with E-state index < -0.39 is 0 Å². The quantitative estimate of drug-likeness (QED) is 0.857. The molecule has 1 aromatic heterocycles. The van der Waals surface area contributed by atoms with Gasteiger partial charge < -0.3 is 4.74 Å². The van der Waals surface area contributed by atoms with Gasteiger partial charge >= 0.3 is 0 Å². The summed E-state index contributed by atoms with van der Waals surface area (Å²) in [6.07, 6.45) is 0. The maximum atomic E-state index is 13.3. The number of methoxy groups -OCH3 is 1. The van der Waals surface area contributed by atoms with Crippen molar-refractivity contribution in [2.75, 3.05) is 31.8 Å². The van der Waals surface area contributed by atoms with Gasteiger partial charge in [-0.3, -0.25) is 19.2 Å². The molecule has 0 saturated heterocycles. The maximum Gasteiger partial charge on any atom is 0.259 e. The Kier molecular flexibility index (Phi) is 4.64. The van der Waals surface area contributed by atoms with E-state index in [-0.39, 0.29) is 11.4 Å². The Morgan fingerprint density at radius 1 is 1.21 bits per heavy atom. The van der Waals surface area contributed by atoms with Crippen LogP contribution in [0.4, 0.5) is 16.0 Å². The summed E-state index contributed by atoms with van der Waals surface area (Å²) in [6, 6.07) is 6.21. The lowest BCUT2D eigenvalue weighted by atomic mass is 10.2. The van der Waals surface area contributed by atoms with E-state index in [4.69, 9.17) is 4.74 Å². The summed E-state index contributed by atoms with van der Waals surface area (Å²) in [5, 5.41) is 0. The minimum atomic E-state index is -0.294. The average molecular weight is 332 g/mol. The van der Waals surface area contributed by atoms with Crippen LogP contribution in [-0.2, 0) is 11.4 Å². The third-order valence-electron chi connectivity index (χ3n) is 4.29. The van der Waals surface area contributed by atoms with E-state index in [0.717, 1.165) is 5.69 Å². The maximum absolute atomic E-state index is 13.3. The van der Waals surface area contributed by atoms with Crippen molar-refractivity contribution >= 4 is 11.6 Å². The number of rotatable bonds is 4. The minimum absolute atomic E-state index is 0.0493. The summed E-state index contributed by atoms with van der Waals surface area (Å²) in [7, 11) is 1.65. The van der Waals surface area contributed by atoms with Crippen LogP contribution in [0.25, 0.3) is 0 Å². The predicted molar refractivity (Wildman–Crippen MR) is 90.0 cm³/mol. The van der Waals surface area contributed by atoms with E-state index >= 15 is 0 Å². The molecule has 3 rings (SSSR count). The van der Waals surface area contributed by atoms with Crippen molar-refractivity contribution < 1.29 is 9.13 Å². The monoisotopic (exact) mass is 332 g/mol. The zero-order valence-corrected chi connectivity index (χ0v) is 14.1. The molecular formula is C17H21FN4O2. The van der Waals surface area contributed by atoms with Gasteiger partial charge in [0, 0.05) is 30.6 Å². The van der Waals surface area contributed by atoms with Gasteiger partial charge in [-0.05, 0) is 38.1 Å². The van der Waals surface area contributed by atoms with Gasteiger partial charge in [0.15, 0.2) is 0 Å². The predicted octanol–water partition coefficient (Wildman–Crippen LogP) is 2.01. The van der Waals surface area contributed by atoms with Crippen LogP contribution >= 0.6 is 0 Å². The van der Waals surface area contributed by atoms with Crippen LogP contribution in [0.3, 0.4) is 0 Å². The lowest BCUT2D eigenvalue weighted by Crippen LogP contribution is -2.48. The number of ether oxygens (including phenoxy) is 1. The molecule has 0 saturated carbocycles. The first-order valence-corrected chi connectivity index (χ1v) is 7.83. The van der Waals surface area contributed by atoms with E-state index in [1.54, 1.807) is 30.7 Å². The van der Waals surface area contributed by atoms with Crippen molar-refractivity contribution in [2.24, 2.45) is 0 Å². The first-order valence-electron chi connectivity index (χ1n) is 7.83. The fourth-order valence-corrected chi connectivity index (χ4v) is 2.76. The number of hydrogen-bond acceptors (Lipinski definition) is 5. The molecule has 1 aliphatic rings. The van der Waals surface area contributed by atoms with Gasteiger partial charge in [-0.25, -0.2) is 9.37 Å². The largest absolute Gasteiger partial charge is 0.383 e. The fourth-order valence-electron chi connectivity index (χ4n) is 2.76. The van der Waals surface area contributed by atoms with Crippen molar-refractivity contribution in [3.8, 4) is 0 Å². The number of nitrogens with zero attached hydrogens (tertiary/aromatic N) is 4. The molecule has 0 unspecified atom stereocenters. The lowest BCUT2D eigenvalue weighted by Gasteiger charge is -2.38. The number of aromatic nitrogens is 2. The number of aryl methyl sites for hydroxylation is 1. The van der Waals surface area contributed by atoms with E-state index in [2.05, 4.69) is 9.88 Å². The molecule has 1 aliphatic heterocycles. The Morgan fingerprint density at radius 2 is 1.92 bits per heavy atom. The first kappa shape index (κ1) is 16.6. The minimum Gasteiger partial charge on any atom is -0.383 e. The van der Waals surface area contributed by atoms with Gasteiger partial charge in [-0.15, -0.1) is 0 Å². The Morgan fingerprint density at radius 3 is 2.58 bits per heavy atom. The van der Waals surface area contributed by atoms with E-state index in [9.17, 15) is 9.18 Å². The molecule has 0 atom stereocenters. The molecule has 1 aromatic carbocycles. The number of halogens is 1. The van der Waals surface area contributed by atoms with Gasteiger partial charge in [0.1, 0.15) is 5.82 Å². The number of hydrogen-bond donors (Lipinski definition) is 0. The summed E-state index contributed by atoms with van der Waals surface area (Å²) in [5.74, 6) is 0.292. The number of anilines is 2. The molecule has 6 nitrogen and oxygen atoms in total. The van der Waals surface area contributed by atoms with Gasteiger partial charge in [-0.1, -0.05) is 0 Å². The summed E-state index contributed by atoms with van der Waals surface area (Å²) in [5.41, 5.74) is 2.10. The highest BCUT2D eigenvalue weighted by atomic mass is 19.1. The number of fused-ring (bicyclic) bond motifs is 1. The Labute approximate surface area is 140 Å². The van der Waals surface area contributed by atoms with Gasteiger partial charge in [0.2, 0.25) is 5.95 Å². The molecule has 0 radical (unpaired) electrons. The average Bonchev–Trinajstić information content (AvgIpc) is 2.58. The highest BCUT2D eigenvalue weighted by Gasteiger charge is 2.26. The van der Waals surface area contributed by atoms with Crippen LogP contribution in [0.15, 0.2) is 29.1 Å². The van der Waals surface area contributed by atoms with Gasteiger partial charge in [-0.2, -0.15) is 0 Å². The summed E-state index contributed by atoms with van der Waals surface area (Å²) in [4.78, 5) is 21.3. The van der Waals surface area contributed by atoms with E-state index in [0.29, 0.717) is 43.7 Å². The van der Waals surface area contributed by atoms with E-state index in [1.807, 2.05) is 11.8 Å². The van der Waals surface area contributed by atoms with Crippen LogP contribution in [0.1, 0.15) is 11.3 Å². The molecule has 24 heavy (non-hydrogen) atoms. The molecule has 0 spiro atoms. The molecular weight excluding hydrogens is 311 g/mol. The molecule has 0 aliphatic carbocycles. The lowest BCUT2D eigenvalue weighted by molar-refractivity contribution is 0.121. The molecule has 2 aromatic rings. The third-order valence-corrected chi connectivity index (χ3v) is 4.29. The van der Waals surface area contributed by atoms with Crippen LogP contribution in [0, 0.1) is 19.7 Å². The molecule has 128 valence electrons.